The van der Waals surface area contributed by atoms with Crippen molar-refractivity contribution in [3.05, 3.63) is 70.3 Å². The molecular formula is C25H25N3O3S. The van der Waals surface area contributed by atoms with Crippen molar-refractivity contribution in [3.63, 3.8) is 0 Å². The Balaban J connectivity index is 1.53. The predicted octanol–water partition coefficient (Wildman–Crippen LogP) is 5.34. The minimum atomic E-state index is -0.442. The fourth-order valence-electron chi connectivity index (χ4n) is 3.88. The zero-order chi connectivity index (χ0) is 22.8. The number of amides is 3. The zero-order valence-electron chi connectivity index (χ0n) is 18.3. The van der Waals surface area contributed by atoms with E-state index in [1.165, 1.54) is 0 Å². The van der Waals surface area contributed by atoms with E-state index >= 15 is 0 Å². The molecule has 4 rings (SSSR count). The maximum absolute atomic E-state index is 12.9. The lowest BCUT2D eigenvalue weighted by Crippen LogP contribution is -2.36. The summed E-state index contributed by atoms with van der Waals surface area (Å²) in [7, 11) is 0. The van der Waals surface area contributed by atoms with Crippen LogP contribution in [0.1, 0.15) is 30.0 Å². The number of thioether (sulfide) groups is 1. The summed E-state index contributed by atoms with van der Waals surface area (Å²) >= 11 is 0.870. The van der Waals surface area contributed by atoms with Gasteiger partial charge in [-0.2, -0.15) is 0 Å². The highest BCUT2D eigenvalue weighted by molar-refractivity contribution is 8.18. The standard InChI is InChI=1S/C25H25N3O3S/c1-4-11-27-14-18(19-7-5-6-8-21(19)27)13-22-24(30)28(25(31)32-22)15-23(29)26-20-10-9-16(2)12-17(20)3/h5-10,12-14H,4,11,15H2,1-3H3,(H,26,29)/b22-13-. The molecule has 7 heteroatoms. The summed E-state index contributed by atoms with van der Waals surface area (Å²) in [5.41, 5.74) is 4.67. The van der Waals surface area contributed by atoms with E-state index in [-0.39, 0.29) is 6.54 Å². The van der Waals surface area contributed by atoms with Gasteiger partial charge in [0.25, 0.3) is 11.1 Å². The van der Waals surface area contributed by atoms with Gasteiger partial charge in [0.1, 0.15) is 6.54 Å². The predicted molar refractivity (Wildman–Crippen MR) is 129 cm³/mol. The SMILES string of the molecule is CCCn1cc(/C=C2\SC(=O)N(CC(=O)Nc3ccc(C)cc3C)C2=O)c2ccccc21. The molecule has 1 aliphatic heterocycles. The molecule has 0 radical (unpaired) electrons. The summed E-state index contributed by atoms with van der Waals surface area (Å²) in [4.78, 5) is 39.3. The number of carbonyl (C=O) groups excluding carboxylic acids is 3. The Labute approximate surface area is 191 Å². The monoisotopic (exact) mass is 447 g/mol. The van der Waals surface area contributed by atoms with E-state index < -0.39 is 17.1 Å². The van der Waals surface area contributed by atoms with Crippen molar-refractivity contribution in [2.45, 2.75) is 33.7 Å². The van der Waals surface area contributed by atoms with Crippen LogP contribution in [0, 0.1) is 13.8 Å². The third kappa shape index (κ3) is 4.34. The zero-order valence-corrected chi connectivity index (χ0v) is 19.2. The van der Waals surface area contributed by atoms with Crippen LogP contribution in [0.3, 0.4) is 0 Å². The molecule has 0 aliphatic carbocycles. The number of nitrogens with one attached hydrogen (secondary N) is 1. The molecule has 164 valence electrons. The van der Waals surface area contributed by atoms with Gasteiger partial charge >= 0.3 is 0 Å². The number of nitrogens with zero attached hydrogens (tertiary/aromatic N) is 2. The van der Waals surface area contributed by atoms with Crippen LogP contribution < -0.4 is 5.32 Å². The van der Waals surface area contributed by atoms with Crippen LogP contribution in [0.4, 0.5) is 10.5 Å². The van der Waals surface area contributed by atoms with Crippen LogP contribution in [0.5, 0.6) is 0 Å². The topological polar surface area (TPSA) is 71.4 Å². The highest BCUT2D eigenvalue weighted by atomic mass is 32.2. The highest BCUT2D eigenvalue weighted by Crippen LogP contribution is 2.34. The fraction of sp³-hybridized carbons (Fsp3) is 0.240. The van der Waals surface area contributed by atoms with Crippen molar-refractivity contribution in [2.75, 3.05) is 11.9 Å². The van der Waals surface area contributed by atoms with Crippen molar-refractivity contribution in [3.8, 4) is 0 Å². The van der Waals surface area contributed by atoms with Crippen molar-refractivity contribution in [1.29, 1.82) is 0 Å². The molecule has 3 amide bonds. The Kier molecular flexibility index (Phi) is 6.19. The van der Waals surface area contributed by atoms with Gasteiger partial charge in [-0.15, -0.1) is 0 Å². The van der Waals surface area contributed by atoms with Gasteiger partial charge in [0, 0.05) is 34.9 Å². The van der Waals surface area contributed by atoms with Gasteiger partial charge < -0.3 is 9.88 Å². The van der Waals surface area contributed by atoms with Crippen LogP contribution in [0.15, 0.2) is 53.6 Å². The van der Waals surface area contributed by atoms with Crippen LogP contribution in [0.2, 0.25) is 0 Å². The van der Waals surface area contributed by atoms with E-state index in [1.54, 1.807) is 6.08 Å². The maximum atomic E-state index is 12.9. The van der Waals surface area contributed by atoms with Crippen molar-refractivity contribution >= 4 is 51.5 Å². The Hall–Kier alpha value is -3.32. The molecule has 1 fully saturated rings. The lowest BCUT2D eigenvalue weighted by molar-refractivity contribution is -0.127. The number of rotatable bonds is 6. The van der Waals surface area contributed by atoms with Crippen molar-refractivity contribution < 1.29 is 14.4 Å². The Morgan fingerprint density at radius 1 is 1.12 bits per heavy atom. The number of carbonyl (C=O) groups is 3. The average molecular weight is 448 g/mol. The van der Waals surface area contributed by atoms with E-state index in [9.17, 15) is 14.4 Å². The maximum Gasteiger partial charge on any atom is 0.294 e. The molecule has 0 spiro atoms. The van der Waals surface area contributed by atoms with Gasteiger partial charge in [-0.05, 0) is 55.8 Å². The number of fused-ring (bicyclic) bond motifs is 1. The Morgan fingerprint density at radius 3 is 2.66 bits per heavy atom. The van der Waals surface area contributed by atoms with Crippen LogP contribution in [-0.4, -0.2) is 33.1 Å². The van der Waals surface area contributed by atoms with E-state index in [0.717, 1.165) is 57.2 Å². The summed E-state index contributed by atoms with van der Waals surface area (Å²) in [6, 6.07) is 13.7. The van der Waals surface area contributed by atoms with Gasteiger partial charge in [-0.1, -0.05) is 42.8 Å². The van der Waals surface area contributed by atoms with Gasteiger partial charge in [-0.25, -0.2) is 0 Å². The highest BCUT2D eigenvalue weighted by Gasteiger charge is 2.36. The first-order valence-corrected chi connectivity index (χ1v) is 11.4. The molecule has 0 saturated carbocycles. The molecule has 2 heterocycles. The number of hydrogen-bond donors (Lipinski definition) is 1. The molecule has 32 heavy (non-hydrogen) atoms. The molecule has 0 unspecified atom stereocenters. The normalized spacial score (nSPS) is 15.2. The second kappa shape index (κ2) is 9.04. The molecule has 2 aromatic carbocycles. The quantitative estimate of drug-likeness (QED) is 0.518. The molecule has 1 aliphatic rings. The first-order chi connectivity index (χ1) is 15.4. The van der Waals surface area contributed by atoms with Gasteiger partial charge in [-0.3, -0.25) is 19.3 Å². The van der Waals surface area contributed by atoms with Crippen LogP contribution >= 0.6 is 11.8 Å². The second-order valence-electron chi connectivity index (χ2n) is 7.93. The number of imide groups is 1. The molecule has 0 atom stereocenters. The minimum Gasteiger partial charge on any atom is -0.347 e. The third-order valence-electron chi connectivity index (χ3n) is 5.40. The number of aromatic nitrogens is 1. The average Bonchev–Trinajstić information content (AvgIpc) is 3.23. The van der Waals surface area contributed by atoms with Crippen molar-refractivity contribution in [2.24, 2.45) is 0 Å². The third-order valence-corrected chi connectivity index (χ3v) is 6.31. The Morgan fingerprint density at radius 2 is 1.91 bits per heavy atom. The molecule has 6 nitrogen and oxygen atoms in total. The van der Waals surface area contributed by atoms with E-state index in [4.69, 9.17) is 0 Å². The summed E-state index contributed by atoms with van der Waals surface area (Å²) in [5, 5.41) is 3.39. The van der Waals surface area contributed by atoms with Crippen LogP contribution in [-0.2, 0) is 16.1 Å². The first kappa shape index (κ1) is 21.9. The number of para-hydroxylation sites is 1. The molecular weight excluding hydrogens is 422 g/mol. The van der Waals surface area contributed by atoms with E-state index in [0.29, 0.717) is 10.6 Å². The number of aryl methyl sites for hydroxylation is 3. The van der Waals surface area contributed by atoms with E-state index in [1.807, 2.05) is 62.5 Å². The minimum absolute atomic E-state index is 0.313. The number of anilines is 1. The molecule has 0 bridgehead atoms. The molecule has 1 saturated heterocycles. The van der Waals surface area contributed by atoms with Gasteiger partial charge in [0.05, 0.1) is 4.91 Å². The first-order valence-electron chi connectivity index (χ1n) is 10.6. The lowest BCUT2D eigenvalue weighted by Gasteiger charge is -2.13. The summed E-state index contributed by atoms with van der Waals surface area (Å²) in [6.45, 7) is 6.55. The number of hydrogen-bond acceptors (Lipinski definition) is 4. The molecule has 1 aromatic heterocycles. The lowest BCUT2D eigenvalue weighted by atomic mass is 10.1. The fourth-order valence-corrected chi connectivity index (χ4v) is 4.71. The summed E-state index contributed by atoms with van der Waals surface area (Å²) in [6.07, 6.45) is 4.75. The van der Waals surface area contributed by atoms with E-state index in [2.05, 4.69) is 16.8 Å². The number of benzene rings is 2. The van der Waals surface area contributed by atoms with Gasteiger partial charge in [0.2, 0.25) is 5.91 Å². The van der Waals surface area contributed by atoms with Gasteiger partial charge in [0.15, 0.2) is 0 Å². The molecule has 3 aromatic rings. The summed E-state index contributed by atoms with van der Waals surface area (Å²) in [5.74, 6) is -0.844. The van der Waals surface area contributed by atoms with Crippen molar-refractivity contribution in [1.82, 2.24) is 9.47 Å². The Bertz CT molecular complexity index is 1260. The summed E-state index contributed by atoms with van der Waals surface area (Å²) < 4.78 is 2.16. The van der Waals surface area contributed by atoms with Crippen LogP contribution in [0.25, 0.3) is 17.0 Å². The smallest absolute Gasteiger partial charge is 0.294 e. The molecule has 1 N–H and O–H groups in total. The second-order valence-corrected chi connectivity index (χ2v) is 8.92. The largest absolute Gasteiger partial charge is 0.347 e.